The molecule has 0 spiro atoms. The molecule has 146 valence electrons. The number of aromatic nitrogens is 4. The molecule has 2 aliphatic rings. The summed E-state index contributed by atoms with van der Waals surface area (Å²) in [7, 11) is 0. The molecule has 4 rings (SSSR count). The van der Waals surface area contributed by atoms with Crippen molar-refractivity contribution in [2.24, 2.45) is 5.92 Å². The van der Waals surface area contributed by atoms with Crippen LogP contribution in [0.25, 0.3) is 11.3 Å². The maximum atomic E-state index is 4.34. The normalized spacial score (nSPS) is 20.9. The lowest BCUT2D eigenvalue weighted by atomic mass is 9.93. The van der Waals surface area contributed by atoms with E-state index >= 15 is 0 Å². The summed E-state index contributed by atoms with van der Waals surface area (Å²) in [5.41, 5.74) is 1.95. The number of piperidine rings is 2. The summed E-state index contributed by atoms with van der Waals surface area (Å²) < 4.78 is 2.02. The van der Waals surface area contributed by atoms with Crippen LogP contribution in [0.4, 0.5) is 0 Å². The lowest BCUT2D eigenvalue weighted by molar-refractivity contribution is 0.0739. The van der Waals surface area contributed by atoms with Gasteiger partial charge in [-0.1, -0.05) is 12.1 Å². The summed E-state index contributed by atoms with van der Waals surface area (Å²) in [6.45, 7) is 9.60. The van der Waals surface area contributed by atoms with Crippen molar-refractivity contribution < 1.29 is 0 Å². The first-order valence-corrected chi connectivity index (χ1v) is 10.6. The van der Waals surface area contributed by atoms with Crippen LogP contribution in [0.2, 0.25) is 0 Å². The van der Waals surface area contributed by atoms with Crippen LogP contribution in [0.1, 0.15) is 39.0 Å². The molecular weight excluding hydrogens is 336 g/mol. The Labute approximate surface area is 162 Å². The van der Waals surface area contributed by atoms with Crippen molar-refractivity contribution in [3.63, 3.8) is 0 Å². The van der Waals surface area contributed by atoms with Gasteiger partial charge in [-0.25, -0.2) is 0 Å². The van der Waals surface area contributed by atoms with Gasteiger partial charge in [-0.2, -0.15) is 0 Å². The van der Waals surface area contributed by atoms with Crippen LogP contribution in [-0.4, -0.2) is 68.5 Å². The summed E-state index contributed by atoms with van der Waals surface area (Å²) >= 11 is 0. The van der Waals surface area contributed by atoms with Gasteiger partial charge in [-0.3, -0.25) is 9.67 Å². The minimum Gasteiger partial charge on any atom is -0.303 e. The first kappa shape index (κ1) is 18.6. The molecule has 2 saturated heterocycles. The van der Waals surface area contributed by atoms with E-state index in [0.29, 0.717) is 5.92 Å². The molecule has 0 bridgehead atoms. The molecule has 0 unspecified atom stereocenters. The van der Waals surface area contributed by atoms with Crippen molar-refractivity contribution in [3.05, 3.63) is 30.7 Å². The molecule has 0 N–H and O–H groups in total. The van der Waals surface area contributed by atoms with Crippen LogP contribution in [0, 0.1) is 5.92 Å². The van der Waals surface area contributed by atoms with Crippen LogP contribution in [0.15, 0.2) is 30.7 Å². The van der Waals surface area contributed by atoms with E-state index in [2.05, 4.69) is 38.2 Å². The zero-order valence-electron chi connectivity index (χ0n) is 16.5. The Hall–Kier alpha value is -1.79. The number of nitrogens with zero attached hydrogens (tertiary/aromatic N) is 6. The van der Waals surface area contributed by atoms with Crippen LogP contribution in [-0.2, 0) is 6.54 Å². The SMILES string of the molecule is CCCN1CCC(N2CCC(Cn3cc(-c4cccnc4)nn3)CC2)CC1. The van der Waals surface area contributed by atoms with Gasteiger partial charge >= 0.3 is 0 Å². The van der Waals surface area contributed by atoms with Crippen molar-refractivity contribution in [1.29, 1.82) is 0 Å². The lowest BCUT2D eigenvalue weighted by Crippen LogP contribution is -2.48. The Morgan fingerprint density at radius 2 is 1.89 bits per heavy atom. The Morgan fingerprint density at radius 3 is 2.59 bits per heavy atom. The van der Waals surface area contributed by atoms with E-state index in [1.807, 2.05) is 23.0 Å². The Kier molecular flexibility index (Phi) is 6.14. The predicted octanol–water partition coefficient (Wildman–Crippen LogP) is 2.93. The van der Waals surface area contributed by atoms with Gasteiger partial charge in [-0.15, -0.1) is 5.10 Å². The van der Waals surface area contributed by atoms with Crippen LogP contribution < -0.4 is 0 Å². The zero-order chi connectivity index (χ0) is 18.5. The molecule has 6 nitrogen and oxygen atoms in total. The molecule has 2 fully saturated rings. The van der Waals surface area contributed by atoms with Crippen molar-refractivity contribution in [3.8, 4) is 11.3 Å². The van der Waals surface area contributed by atoms with E-state index in [4.69, 9.17) is 0 Å². The molecule has 6 heteroatoms. The van der Waals surface area contributed by atoms with E-state index in [9.17, 15) is 0 Å². The predicted molar refractivity (Wildman–Crippen MR) is 107 cm³/mol. The Balaban J connectivity index is 1.24. The Morgan fingerprint density at radius 1 is 1.07 bits per heavy atom. The van der Waals surface area contributed by atoms with Crippen molar-refractivity contribution >= 4 is 0 Å². The second-order valence-electron chi connectivity index (χ2n) is 8.12. The van der Waals surface area contributed by atoms with Crippen LogP contribution >= 0.6 is 0 Å². The van der Waals surface area contributed by atoms with E-state index in [1.54, 1.807) is 6.20 Å². The monoisotopic (exact) mass is 368 g/mol. The fraction of sp³-hybridized carbons (Fsp3) is 0.667. The molecule has 2 aromatic rings. The average Bonchev–Trinajstić information content (AvgIpc) is 3.19. The number of likely N-dealkylation sites (tertiary alicyclic amines) is 2. The molecule has 0 aliphatic carbocycles. The molecule has 0 atom stereocenters. The van der Waals surface area contributed by atoms with E-state index in [1.165, 1.54) is 64.8 Å². The van der Waals surface area contributed by atoms with Crippen LogP contribution in [0.5, 0.6) is 0 Å². The largest absolute Gasteiger partial charge is 0.303 e. The molecule has 2 aromatic heterocycles. The number of rotatable bonds is 6. The molecule has 2 aliphatic heterocycles. The smallest absolute Gasteiger partial charge is 0.114 e. The summed E-state index contributed by atoms with van der Waals surface area (Å²) in [6, 6.07) is 4.78. The Bertz CT molecular complexity index is 684. The third-order valence-electron chi connectivity index (χ3n) is 6.20. The minimum atomic E-state index is 0.713. The maximum absolute atomic E-state index is 4.34. The highest BCUT2D eigenvalue weighted by Gasteiger charge is 2.28. The highest BCUT2D eigenvalue weighted by Crippen LogP contribution is 2.25. The van der Waals surface area contributed by atoms with Gasteiger partial charge in [0.25, 0.3) is 0 Å². The second kappa shape index (κ2) is 8.93. The minimum absolute atomic E-state index is 0.713. The standard InChI is InChI=1S/C21H32N6/c1-2-10-25-11-7-20(8-12-25)26-13-5-18(6-14-26)16-27-17-21(23-24-27)19-4-3-9-22-15-19/h3-4,9,15,17-18,20H,2,5-8,10-14,16H2,1H3. The molecule has 27 heavy (non-hydrogen) atoms. The summed E-state index contributed by atoms with van der Waals surface area (Å²) in [6.07, 6.45) is 12.2. The molecular formula is C21H32N6. The third-order valence-corrected chi connectivity index (χ3v) is 6.20. The topological polar surface area (TPSA) is 50.1 Å². The highest BCUT2D eigenvalue weighted by atomic mass is 15.4. The fourth-order valence-corrected chi connectivity index (χ4v) is 4.62. The molecule has 0 aromatic carbocycles. The van der Waals surface area contributed by atoms with E-state index in [0.717, 1.165) is 23.8 Å². The second-order valence-corrected chi connectivity index (χ2v) is 8.12. The van der Waals surface area contributed by atoms with E-state index < -0.39 is 0 Å². The first-order valence-electron chi connectivity index (χ1n) is 10.6. The van der Waals surface area contributed by atoms with Gasteiger partial charge in [0, 0.05) is 30.5 Å². The number of hydrogen-bond acceptors (Lipinski definition) is 5. The van der Waals surface area contributed by atoms with Gasteiger partial charge < -0.3 is 9.80 Å². The van der Waals surface area contributed by atoms with Crippen LogP contribution in [0.3, 0.4) is 0 Å². The maximum Gasteiger partial charge on any atom is 0.114 e. The molecule has 0 radical (unpaired) electrons. The fourth-order valence-electron chi connectivity index (χ4n) is 4.62. The lowest BCUT2D eigenvalue weighted by Gasteiger charge is -2.41. The molecule has 4 heterocycles. The van der Waals surface area contributed by atoms with Gasteiger partial charge in [-0.05, 0) is 82.9 Å². The van der Waals surface area contributed by atoms with Gasteiger partial charge in [0.05, 0.1) is 6.20 Å². The zero-order valence-corrected chi connectivity index (χ0v) is 16.5. The van der Waals surface area contributed by atoms with Crippen molar-refractivity contribution in [2.75, 3.05) is 32.7 Å². The highest BCUT2D eigenvalue weighted by molar-refractivity contribution is 5.55. The average molecular weight is 369 g/mol. The van der Waals surface area contributed by atoms with E-state index in [-0.39, 0.29) is 0 Å². The summed E-state index contributed by atoms with van der Waals surface area (Å²) in [4.78, 5) is 9.55. The number of hydrogen-bond donors (Lipinski definition) is 0. The molecule has 0 saturated carbocycles. The summed E-state index contributed by atoms with van der Waals surface area (Å²) in [5.74, 6) is 0.713. The van der Waals surface area contributed by atoms with Crippen molar-refractivity contribution in [2.45, 2.75) is 51.6 Å². The summed E-state index contributed by atoms with van der Waals surface area (Å²) in [5, 5.41) is 8.66. The van der Waals surface area contributed by atoms with Crippen molar-refractivity contribution in [1.82, 2.24) is 29.8 Å². The van der Waals surface area contributed by atoms with Gasteiger partial charge in [0.2, 0.25) is 0 Å². The number of pyridine rings is 1. The van der Waals surface area contributed by atoms with Gasteiger partial charge in [0.1, 0.15) is 5.69 Å². The first-order chi connectivity index (χ1) is 13.3. The van der Waals surface area contributed by atoms with Gasteiger partial charge in [0.15, 0.2) is 0 Å². The third kappa shape index (κ3) is 4.74. The molecule has 0 amide bonds. The quantitative estimate of drug-likeness (QED) is 0.785.